The molecular weight excluding hydrogens is 346 g/mol. The smallest absolute Gasteiger partial charge is 0.410 e. The van der Waals surface area contributed by atoms with Crippen LogP contribution in [0, 0.1) is 5.92 Å². The van der Waals surface area contributed by atoms with Crippen LogP contribution in [0.1, 0.15) is 30.4 Å². The van der Waals surface area contributed by atoms with Crippen molar-refractivity contribution < 1.29 is 24.2 Å². The molecule has 1 N–H and O–H groups in total. The summed E-state index contributed by atoms with van der Waals surface area (Å²) in [4.78, 5) is 36.6. The van der Waals surface area contributed by atoms with E-state index in [0.29, 0.717) is 25.1 Å². The Balaban J connectivity index is 1.62. The topological polar surface area (TPSA) is 83.9 Å². The minimum atomic E-state index is -1.17. The highest BCUT2D eigenvalue weighted by atomic mass is 16.6. The number of rotatable bonds is 3. The largest absolute Gasteiger partial charge is 0.479 e. The van der Waals surface area contributed by atoms with Crippen molar-refractivity contribution in [1.82, 2.24) is 4.90 Å². The molecule has 0 unspecified atom stereocenters. The van der Waals surface area contributed by atoms with Gasteiger partial charge in [-0.1, -0.05) is 36.9 Å². The van der Waals surface area contributed by atoms with E-state index in [-0.39, 0.29) is 11.7 Å². The summed E-state index contributed by atoms with van der Waals surface area (Å²) < 4.78 is 4.72. The van der Waals surface area contributed by atoms with Crippen LogP contribution in [0.2, 0.25) is 0 Å². The molecule has 6 nitrogen and oxygen atoms in total. The van der Waals surface area contributed by atoms with Crippen LogP contribution in [-0.4, -0.2) is 47.5 Å². The number of hydrogen-bond acceptors (Lipinski definition) is 4. The summed E-state index contributed by atoms with van der Waals surface area (Å²) in [7, 11) is 0. The van der Waals surface area contributed by atoms with Crippen LogP contribution in [0.15, 0.2) is 42.5 Å². The highest BCUT2D eigenvalue weighted by molar-refractivity contribution is 6.28. The van der Waals surface area contributed by atoms with E-state index in [2.05, 4.69) is 6.58 Å². The Morgan fingerprint density at radius 3 is 2.63 bits per heavy atom. The van der Waals surface area contributed by atoms with Gasteiger partial charge < -0.3 is 14.7 Å². The molecule has 3 rings (SSSR count). The third-order valence-electron chi connectivity index (χ3n) is 5.13. The number of amides is 1. The molecule has 6 heteroatoms. The fourth-order valence-corrected chi connectivity index (χ4v) is 3.64. The maximum atomic E-state index is 12.8. The lowest BCUT2D eigenvalue weighted by molar-refractivity contribution is -0.140. The Hall–Kier alpha value is -2.89. The Bertz CT molecular complexity index is 803. The van der Waals surface area contributed by atoms with Crippen LogP contribution < -0.4 is 0 Å². The van der Waals surface area contributed by atoms with Crippen LogP contribution in [0.4, 0.5) is 4.79 Å². The summed E-state index contributed by atoms with van der Waals surface area (Å²) in [6.45, 7) is 4.35. The van der Waals surface area contributed by atoms with E-state index in [1.54, 1.807) is 0 Å². The summed E-state index contributed by atoms with van der Waals surface area (Å²) in [5, 5.41) is 8.58. The maximum absolute atomic E-state index is 12.8. The molecule has 1 aromatic rings. The average Bonchev–Trinajstić information content (AvgIpc) is 2.79. The van der Waals surface area contributed by atoms with Gasteiger partial charge in [0.2, 0.25) is 0 Å². The predicted octanol–water partition coefficient (Wildman–Crippen LogP) is 3.07. The summed E-state index contributed by atoms with van der Waals surface area (Å²) in [5.41, 5.74) is 3.42. The van der Waals surface area contributed by atoms with Crippen molar-refractivity contribution >= 4 is 23.4 Å². The van der Waals surface area contributed by atoms with Crippen LogP contribution in [0.3, 0.4) is 0 Å². The van der Waals surface area contributed by atoms with Gasteiger partial charge in [-0.15, -0.1) is 0 Å². The number of aliphatic carboxylic acids is 1. The highest BCUT2D eigenvalue weighted by Gasteiger charge is 2.26. The van der Waals surface area contributed by atoms with Gasteiger partial charge in [0.25, 0.3) is 0 Å². The number of benzene rings is 1. The molecule has 1 heterocycles. The van der Waals surface area contributed by atoms with Gasteiger partial charge in [0, 0.05) is 18.7 Å². The quantitative estimate of drug-likeness (QED) is 0.654. The van der Waals surface area contributed by atoms with E-state index in [9.17, 15) is 14.4 Å². The molecule has 0 atom stereocenters. The molecule has 1 amide bonds. The minimum absolute atomic E-state index is 0.00301. The number of likely N-dealkylation sites (tertiary alicyclic amines) is 1. The molecule has 1 fully saturated rings. The highest BCUT2D eigenvalue weighted by Crippen LogP contribution is 2.31. The number of piperidine rings is 1. The van der Waals surface area contributed by atoms with E-state index >= 15 is 0 Å². The van der Waals surface area contributed by atoms with E-state index in [1.807, 2.05) is 30.3 Å². The summed E-state index contributed by atoms with van der Waals surface area (Å²) in [5.74, 6) is -0.958. The second-order valence-electron chi connectivity index (χ2n) is 6.93. The van der Waals surface area contributed by atoms with Crippen LogP contribution in [0.5, 0.6) is 0 Å². The van der Waals surface area contributed by atoms with Crippen molar-refractivity contribution in [3.63, 3.8) is 0 Å². The lowest BCUT2D eigenvalue weighted by Gasteiger charge is -2.30. The number of ether oxygens (including phenoxy) is 1. The molecule has 1 saturated heterocycles. The number of carboxylic acid groups (broad SMARTS) is 1. The van der Waals surface area contributed by atoms with Crippen LogP contribution in [-0.2, 0) is 20.7 Å². The Morgan fingerprint density at radius 1 is 1.22 bits per heavy atom. The molecular formula is C21H23NO5. The Kier molecular flexibility index (Phi) is 5.74. The van der Waals surface area contributed by atoms with E-state index in [0.717, 1.165) is 36.0 Å². The fourth-order valence-electron chi connectivity index (χ4n) is 3.64. The van der Waals surface area contributed by atoms with Gasteiger partial charge in [-0.05, 0) is 48.3 Å². The number of ketones is 1. The number of carbonyl (C=O) groups excluding carboxylic acids is 2. The first kappa shape index (κ1) is 18.9. The number of hydrogen-bond donors (Lipinski definition) is 1. The molecule has 0 aromatic heterocycles. The van der Waals surface area contributed by atoms with Gasteiger partial charge >= 0.3 is 12.1 Å². The number of fused-ring (bicyclic) bond motifs is 1. The molecule has 0 spiro atoms. The molecule has 0 saturated carbocycles. The summed E-state index contributed by atoms with van der Waals surface area (Å²) in [6, 6.07) is 7.88. The third-order valence-corrected chi connectivity index (χ3v) is 5.13. The van der Waals surface area contributed by atoms with E-state index < -0.39 is 18.7 Å². The van der Waals surface area contributed by atoms with Crippen molar-refractivity contribution in [1.29, 1.82) is 0 Å². The molecule has 1 aromatic carbocycles. The molecule has 142 valence electrons. The molecule has 27 heavy (non-hydrogen) atoms. The third kappa shape index (κ3) is 4.45. The lowest BCUT2D eigenvalue weighted by Crippen LogP contribution is -2.39. The predicted molar refractivity (Wildman–Crippen MR) is 100 cm³/mol. The zero-order valence-electron chi connectivity index (χ0n) is 15.1. The van der Waals surface area contributed by atoms with Gasteiger partial charge in [-0.3, -0.25) is 4.79 Å². The van der Waals surface area contributed by atoms with Gasteiger partial charge in [0.05, 0.1) is 0 Å². The van der Waals surface area contributed by atoms with Crippen molar-refractivity contribution in [2.45, 2.75) is 25.7 Å². The zero-order chi connectivity index (χ0) is 19.4. The first-order valence-corrected chi connectivity index (χ1v) is 9.11. The van der Waals surface area contributed by atoms with E-state index in [1.165, 1.54) is 4.90 Å². The maximum Gasteiger partial charge on any atom is 0.410 e. The zero-order valence-corrected chi connectivity index (χ0v) is 15.1. The molecule has 0 bridgehead atoms. The molecule has 1 aliphatic heterocycles. The first-order valence-electron chi connectivity index (χ1n) is 9.11. The second-order valence-corrected chi connectivity index (χ2v) is 6.93. The monoisotopic (exact) mass is 369 g/mol. The van der Waals surface area contributed by atoms with Gasteiger partial charge in [-0.2, -0.15) is 0 Å². The van der Waals surface area contributed by atoms with Gasteiger partial charge in [-0.25, -0.2) is 9.59 Å². The fraction of sp³-hybridized carbons (Fsp3) is 0.381. The summed E-state index contributed by atoms with van der Waals surface area (Å²) >= 11 is 0. The number of allylic oxidation sites excluding steroid dienone is 3. The number of carboxylic acids is 1. The minimum Gasteiger partial charge on any atom is -0.479 e. The van der Waals surface area contributed by atoms with E-state index in [4.69, 9.17) is 9.84 Å². The SMILES string of the molecule is C=C1C(=O)/C(=C\C2CCN(C(=O)OCC(=O)O)CC2)CCc2ccccc21. The normalized spacial score (nSPS) is 19.6. The molecule has 0 radical (unpaired) electrons. The number of Topliss-reactive ketones (excluding diaryl/α,β-unsaturated/α-hetero) is 1. The average molecular weight is 369 g/mol. The standard InChI is InChI=1S/C21H23NO5/c1-14-18-5-3-2-4-16(18)6-7-17(20(14)25)12-15-8-10-22(11-9-15)21(26)27-13-19(23)24/h2-5,12,15H,1,6-11,13H2,(H,23,24)/b17-12-. The van der Waals surface area contributed by atoms with Gasteiger partial charge in [0.15, 0.2) is 12.4 Å². The van der Waals surface area contributed by atoms with Crippen LogP contribution in [0.25, 0.3) is 5.57 Å². The van der Waals surface area contributed by atoms with Crippen molar-refractivity contribution in [2.24, 2.45) is 5.92 Å². The summed E-state index contributed by atoms with van der Waals surface area (Å²) in [6.07, 6.45) is 4.39. The van der Waals surface area contributed by atoms with Crippen molar-refractivity contribution in [3.05, 3.63) is 53.6 Å². The first-order chi connectivity index (χ1) is 13.0. The van der Waals surface area contributed by atoms with Crippen molar-refractivity contribution in [3.8, 4) is 0 Å². The number of carbonyl (C=O) groups is 3. The Labute approximate surface area is 158 Å². The number of nitrogens with zero attached hydrogens (tertiary/aromatic N) is 1. The number of aryl methyl sites for hydroxylation is 1. The van der Waals surface area contributed by atoms with Gasteiger partial charge in [0.1, 0.15) is 0 Å². The molecule has 2 aliphatic rings. The lowest BCUT2D eigenvalue weighted by atomic mass is 9.91. The molecule has 1 aliphatic carbocycles. The van der Waals surface area contributed by atoms with Crippen LogP contribution >= 0.6 is 0 Å². The second kappa shape index (κ2) is 8.20. The van der Waals surface area contributed by atoms with Crippen molar-refractivity contribution in [2.75, 3.05) is 19.7 Å². The Morgan fingerprint density at radius 2 is 1.93 bits per heavy atom.